The van der Waals surface area contributed by atoms with Crippen LogP contribution in [0.2, 0.25) is 0 Å². The molecule has 18 aromatic rings. The Morgan fingerprint density at radius 3 is 0.843 bits per heavy atom. The second kappa shape index (κ2) is 36.4. The van der Waals surface area contributed by atoms with E-state index in [2.05, 4.69) is 274 Å². The standard InChI is InChI=1S/C109H129N9S3/c1-13-25-39-70(19-7)64-113-85-49-35-31-45-78(85)97-104(113)95-80-47-33-37-51-87(80)115(66-72(21-9)41-27-15-3)106(95)99-82-61-76(53-55-89(82)117(108(97)99)68-74(23-11)43-29-17-5)91-57-59-93(119-91)84-63-110-102(103-101(84)111-121-112-103)94-60-58-92(120-94)77-54-56-90-83(62-77)100-107-96(81-48-34-38-52-88(81)116(107)67-73(22-10)42-28-16-4)105-98(109(100)118(90)69-75(24-12)44-30-18-6)79-46-32-36-50-86(79)114(105)65-71(20-8)40-26-14-2/h31-38,45-63,70-75H,13-30,39-44,64-69H2,1-12H3. The lowest BCUT2D eigenvalue weighted by Crippen LogP contribution is -2.12. The number of thiophene rings is 2. The molecule has 628 valence electrons. The zero-order valence-corrected chi connectivity index (χ0v) is 77.0. The SMILES string of the molecule is CCCCC(CC)Cn1c2ccccc2c2c1c1c3ccccc3n(CC(CC)CCCC)c1c1c3cc(-c4ccc(-c5cnc(-c6ccc(-c7ccc8c(c7)c7c9c(c%10ccccc%10n9CC(CC)CCCC)c9c(c%10ccccc%10n9CC(CC)CCCC)c7n8CC(CC)CCCC)s6)c6nsnc56)s4)ccc3n(CC(CC)CCCC)c21. The summed E-state index contributed by atoms with van der Waals surface area (Å²) in [7, 11) is 0. The van der Waals surface area contributed by atoms with Gasteiger partial charge in [0, 0.05) is 163 Å². The van der Waals surface area contributed by atoms with E-state index in [0.717, 1.165) is 97.0 Å². The maximum absolute atomic E-state index is 5.49. The molecule has 6 atom stereocenters. The summed E-state index contributed by atoms with van der Waals surface area (Å²) >= 11 is 5.01. The topological polar surface area (TPSA) is 68.2 Å². The highest BCUT2D eigenvalue weighted by Gasteiger charge is 2.34. The Bertz CT molecular complexity index is 6260. The van der Waals surface area contributed by atoms with Crippen LogP contribution in [0.3, 0.4) is 0 Å². The summed E-state index contributed by atoms with van der Waals surface area (Å²) in [4.78, 5) is 10.2. The minimum Gasteiger partial charge on any atom is -0.340 e. The summed E-state index contributed by atoms with van der Waals surface area (Å²) in [6.45, 7) is 34.8. The normalized spacial score (nSPS) is 14.1. The van der Waals surface area contributed by atoms with Crippen molar-refractivity contribution in [1.29, 1.82) is 0 Å². The summed E-state index contributed by atoms with van der Waals surface area (Å²) in [6, 6.07) is 62.5. The third-order valence-electron chi connectivity index (χ3n) is 28.9. The Morgan fingerprint density at radius 2 is 0.537 bits per heavy atom. The molecule has 8 aromatic carbocycles. The molecule has 0 aliphatic rings. The smallest absolute Gasteiger partial charge is 0.132 e. The van der Waals surface area contributed by atoms with Gasteiger partial charge in [0.25, 0.3) is 0 Å². The van der Waals surface area contributed by atoms with Gasteiger partial charge in [-0.05, 0) is 158 Å². The van der Waals surface area contributed by atoms with Crippen LogP contribution in [-0.2, 0) is 39.3 Å². The van der Waals surface area contributed by atoms with Gasteiger partial charge in [-0.25, -0.2) is 0 Å². The summed E-state index contributed by atoms with van der Waals surface area (Å²) in [5, 5.41) is 16.8. The number of benzene rings is 8. The first kappa shape index (κ1) is 82.9. The van der Waals surface area contributed by atoms with Gasteiger partial charge in [-0.3, -0.25) is 4.98 Å². The molecule has 0 saturated carbocycles. The van der Waals surface area contributed by atoms with Crippen LogP contribution in [0.1, 0.15) is 237 Å². The molecule has 121 heavy (non-hydrogen) atoms. The van der Waals surface area contributed by atoms with E-state index in [1.807, 2.05) is 22.7 Å². The first-order chi connectivity index (χ1) is 59.5. The van der Waals surface area contributed by atoms with Gasteiger partial charge in [0.15, 0.2) is 0 Å². The van der Waals surface area contributed by atoms with E-state index < -0.39 is 0 Å². The van der Waals surface area contributed by atoms with Crippen LogP contribution in [0.4, 0.5) is 0 Å². The van der Waals surface area contributed by atoms with Crippen molar-refractivity contribution in [2.45, 2.75) is 276 Å². The Kier molecular flexibility index (Phi) is 24.9. The third-order valence-corrected chi connectivity index (χ3v) is 31.7. The van der Waals surface area contributed by atoms with E-state index >= 15 is 0 Å². The van der Waals surface area contributed by atoms with Gasteiger partial charge in [0.1, 0.15) is 16.7 Å². The Balaban J connectivity index is 0.785. The fourth-order valence-electron chi connectivity index (χ4n) is 21.8. The van der Waals surface area contributed by atoms with Crippen molar-refractivity contribution in [3.05, 3.63) is 164 Å². The van der Waals surface area contributed by atoms with Gasteiger partial charge in [0.2, 0.25) is 0 Å². The predicted octanol–water partition coefficient (Wildman–Crippen LogP) is 33.8. The average Bonchev–Trinajstić information content (AvgIpc) is 1.52. The maximum Gasteiger partial charge on any atom is 0.132 e. The first-order valence-electron chi connectivity index (χ1n) is 47.7. The Labute approximate surface area is 729 Å². The van der Waals surface area contributed by atoms with Crippen LogP contribution in [0.25, 0.3) is 184 Å². The molecule has 0 aliphatic carbocycles. The fraction of sp³-hybridized carbons (Fsp3) is 0.440. The van der Waals surface area contributed by atoms with Crippen LogP contribution >= 0.6 is 34.4 Å². The van der Waals surface area contributed by atoms with Gasteiger partial charge in [-0.15, -0.1) is 22.7 Å². The van der Waals surface area contributed by atoms with Gasteiger partial charge >= 0.3 is 0 Å². The summed E-state index contributed by atoms with van der Waals surface area (Å²) in [6.07, 6.45) is 31.3. The molecule has 0 fully saturated rings. The summed E-state index contributed by atoms with van der Waals surface area (Å²) < 4.78 is 27.3. The van der Waals surface area contributed by atoms with E-state index in [1.165, 1.54) is 292 Å². The van der Waals surface area contributed by atoms with Crippen LogP contribution in [0.5, 0.6) is 0 Å². The molecule has 12 heteroatoms. The zero-order valence-electron chi connectivity index (χ0n) is 74.5. The molecule has 0 bridgehead atoms. The molecular formula is C109H129N9S3. The number of aromatic nitrogens is 9. The lowest BCUT2D eigenvalue weighted by Gasteiger charge is -2.20. The van der Waals surface area contributed by atoms with Crippen molar-refractivity contribution < 1.29 is 0 Å². The van der Waals surface area contributed by atoms with E-state index in [1.54, 1.807) is 0 Å². The molecule has 0 N–H and O–H groups in total. The molecule has 10 aromatic heterocycles. The van der Waals surface area contributed by atoms with Crippen molar-refractivity contribution in [2.24, 2.45) is 35.5 Å². The largest absolute Gasteiger partial charge is 0.340 e. The highest BCUT2D eigenvalue weighted by Crippen LogP contribution is 2.54. The van der Waals surface area contributed by atoms with E-state index in [9.17, 15) is 0 Å². The predicted molar refractivity (Wildman–Crippen MR) is 531 cm³/mol. The molecule has 0 saturated heterocycles. The molecule has 10 heterocycles. The second-order valence-electron chi connectivity index (χ2n) is 36.3. The minimum atomic E-state index is 0.546. The van der Waals surface area contributed by atoms with E-state index in [-0.39, 0.29) is 0 Å². The average molecular weight is 1660 g/mol. The second-order valence-corrected chi connectivity index (χ2v) is 39.0. The summed E-state index contributed by atoms with van der Waals surface area (Å²) in [5.41, 5.74) is 22.9. The molecule has 0 aliphatic heterocycles. The molecule has 0 spiro atoms. The number of nitrogens with zero attached hydrogens (tertiary/aromatic N) is 9. The van der Waals surface area contributed by atoms with Crippen LogP contribution < -0.4 is 0 Å². The summed E-state index contributed by atoms with van der Waals surface area (Å²) in [5.74, 6) is 3.38. The lowest BCUT2D eigenvalue weighted by molar-refractivity contribution is 0.400. The highest BCUT2D eigenvalue weighted by atomic mass is 32.1. The number of pyridine rings is 1. The van der Waals surface area contributed by atoms with Crippen molar-refractivity contribution >= 4 is 176 Å². The van der Waals surface area contributed by atoms with E-state index in [0.29, 0.717) is 35.5 Å². The minimum absolute atomic E-state index is 0.546. The van der Waals surface area contributed by atoms with Crippen molar-refractivity contribution in [1.82, 2.24) is 41.1 Å². The highest BCUT2D eigenvalue weighted by molar-refractivity contribution is 7.19. The molecule has 6 unspecified atom stereocenters. The number of para-hydroxylation sites is 4. The monoisotopic (exact) mass is 1660 g/mol. The van der Waals surface area contributed by atoms with Gasteiger partial charge in [-0.2, -0.15) is 8.75 Å². The first-order valence-corrected chi connectivity index (χ1v) is 50.0. The van der Waals surface area contributed by atoms with Gasteiger partial charge in [0.05, 0.1) is 49.7 Å². The number of fused-ring (bicyclic) bond motifs is 25. The molecule has 9 nitrogen and oxygen atoms in total. The maximum atomic E-state index is 5.49. The van der Waals surface area contributed by atoms with E-state index in [4.69, 9.17) is 13.7 Å². The fourth-order valence-corrected chi connectivity index (χ4v) is 24.4. The van der Waals surface area contributed by atoms with Crippen molar-refractivity contribution in [3.8, 4) is 41.9 Å². The number of hydrogen-bond donors (Lipinski definition) is 0. The van der Waals surface area contributed by atoms with Crippen molar-refractivity contribution in [3.63, 3.8) is 0 Å². The molecular weight excluding hydrogens is 1530 g/mol. The zero-order chi connectivity index (χ0) is 83.1. The number of unbranched alkanes of at least 4 members (excludes halogenated alkanes) is 6. The Hall–Kier alpha value is -9.07. The van der Waals surface area contributed by atoms with Crippen LogP contribution in [0.15, 0.2) is 164 Å². The molecule has 0 amide bonds. The molecule has 0 radical (unpaired) electrons. The third kappa shape index (κ3) is 14.8. The Morgan fingerprint density at radius 1 is 0.273 bits per heavy atom. The number of rotatable bonds is 40. The lowest BCUT2D eigenvalue weighted by atomic mass is 9.98. The van der Waals surface area contributed by atoms with Crippen molar-refractivity contribution in [2.75, 3.05) is 0 Å². The van der Waals surface area contributed by atoms with Crippen LogP contribution in [-0.4, -0.2) is 41.1 Å². The van der Waals surface area contributed by atoms with Gasteiger partial charge in [-0.1, -0.05) is 284 Å². The van der Waals surface area contributed by atoms with Crippen LogP contribution in [0, 0.1) is 35.5 Å². The molecule has 18 rings (SSSR count). The quantitative estimate of drug-likeness (QED) is 0.0384. The van der Waals surface area contributed by atoms with Gasteiger partial charge < -0.3 is 27.4 Å². The number of hydrogen-bond acceptors (Lipinski definition) is 6.